The largest absolute Gasteiger partial charge is 0.390 e. The lowest BCUT2D eigenvalue weighted by molar-refractivity contribution is 0.277. The molecule has 0 aliphatic heterocycles. The number of aliphatic hydroxyl groups is 1. The Balaban J connectivity index is 2.44. The molecule has 0 fully saturated rings. The molecule has 0 aliphatic carbocycles. The van der Waals surface area contributed by atoms with Gasteiger partial charge in [0.2, 0.25) is 0 Å². The lowest BCUT2D eigenvalue weighted by Crippen LogP contribution is -1.89. The first-order valence-electron chi connectivity index (χ1n) is 4.38. The van der Waals surface area contributed by atoms with Gasteiger partial charge in [-0.25, -0.2) is 4.98 Å². The van der Waals surface area contributed by atoms with E-state index in [1.54, 1.807) is 12.4 Å². The molecule has 0 bridgehead atoms. The van der Waals surface area contributed by atoms with Crippen LogP contribution in [0, 0.1) is 6.92 Å². The number of imidazole rings is 1. The van der Waals surface area contributed by atoms with E-state index in [9.17, 15) is 0 Å². The van der Waals surface area contributed by atoms with Crippen molar-refractivity contribution in [2.75, 3.05) is 0 Å². The maximum Gasteiger partial charge on any atom is 0.156 e. The van der Waals surface area contributed by atoms with E-state index in [4.69, 9.17) is 5.11 Å². The van der Waals surface area contributed by atoms with E-state index < -0.39 is 0 Å². The van der Waals surface area contributed by atoms with E-state index in [0.29, 0.717) is 11.5 Å². The molecule has 2 heterocycles. The lowest BCUT2D eigenvalue weighted by atomic mass is 10.2. The van der Waals surface area contributed by atoms with Crippen LogP contribution in [0.15, 0.2) is 24.5 Å². The van der Waals surface area contributed by atoms with Crippen LogP contribution in [0.5, 0.6) is 0 Å². The van der Waals surface area contributed by atoms with Gasteiger partial charge in [0.05, 0.1) is 18.5 Å². The molecular formula is C10H11N3O. The highest BCUT2D eigenvalue weighted by Gasteiger charge is 2.06. The minimum absolute atomic E-state index is 0.0289. The first kappa shape index (κ1) is 8.90. The van der Waals surface area contributed by atoms with Gasteiger partial charge in [0.1, 0.15) is 5.69 Å². The zero-order chi connectivity index (χ0) is 9.97. The molecule has 2 N–H and O–H groups in total. The van der Waals surface area contributed by atoms with Crippen LogP contribution in [0.4, 0.5) is 0 Å². The minimum Gasteiger partial charge on any atom is -0.390 e. The first-order valence-corrected chi connectivity index (χ1v) is 4.38. The number of H-pyrrole nitrogens is 1. The van der Waals surface area contributed by atoms with Crippen LogP contribution in [0.25, 0.3) is 11.5 Å². The number of aromatic amines is 1. The minimum atomic E-state index is -0.0289. The van der Waals surface area contributed by atoms with Crippen LogP contribution in [-0.2, 0) is 6.61 Å². The van der Waals surface area contributed by atoms with Crippen molar-refractivity contribution in [3.8, 4) is 11.5 Å². The average Bonchev–Trinajstić information content (AvgIpc) is 2.67. The van der Waals surface area contributed by atoms with Crippen molar-refractivity contribution in [3.05, 3.63) is 35.8 Å². The number of nitrogens with zero attached hydrogens (tertiary/aromatic N) is 2. The number of hydrogen-bond acceptors (Lipinski definition) is 3. The Morgan fingerprint density at radius 2 is 2.29 bits per heavy atom. The maximum atomic E-state index is 8.88. The van der Waals surface area contributed by atoms with Crippen molar-refractivity contribution in [1.29, 1.82) is 0 Å². The van der Waals surface area contributed by atoms with Gasteiger partial charge in [-0.15, -0.1) is 0 Å². The van der Waals surface area contributed by atoms with Crippen molar-refractivity contribution in [2.24, 2.45) is 0 Å². The smallest absolute Gasteiger partial charge is 0.156 e. The Labute approximate surface area is 81.7 Å². The summed E-state index contributed by atoms with van der Waals surface area (Å²) in [5.41, 5.74) is 2.59. The second-order valence-electron chi connectivity index (χ2n) is 3.08. The van der Waals surface area contributed by atoms with Gasteiger partial charge in [-0.1, -0.05) is 6.07 Å². The molecule has 14 heavy (non-hydrogen) atoms. The summed E-state index contributed by atoms with van der Waals surface area (Å²) in [4.78, 5) is 11.4. The quantitative estimate of drug-likeness (QED) is 0.747. The molecule has 0 saturated heterocycles. The molecule has 2 aromatic rings. The standard InChI is InChI=1S/C10H11N3O/c1-7-3-2-4-11-9(7)10-12-5-8(6-14)13-10/h2-5,14H,6H2,1H3,(H,12,13). The maximum absolute atomic E-state index is 8.88. The number of hydrogen-bond donors (Lipinski definition) is 2. The topological polar surface area (TPSA) is 61.8 Å². The van der Waals surface area contributed by atoms with Crippen LogP contribution in [-0.4, -0.2) is 20.1 Å². The molecule has 0 atom stereocenters. The normalized spacial score (nSPS) is 10.4. The zero-order valence-electron chi connectivity index (χ0n) is 7.86. The third kappa shape index (κ3) is 1.52. The third-order valence-electron chi connectivity index (χ3n) is 2.03. The molecule has 0 amide bonds. The summed E-state index contributed by atoms with van der Waals surface area (Å²) in [6, 6.07) is 3.86. The second kappa shape index (κ2) is 3.59. The van der Waals surface area contributed by atoms with Gasteiger partial charge >= 0.3 is 0 Å². The van der Waals surface area contributed by atoms with Gasteiger partial charge in [-0.05, 0) is 18.6 Å². The summed E-state index contributed by atoms with van der Waals surface area (Å²) >= 11 is 0. The number of rotatable bonds is 2. The molecule has 72 valence electrons. The fourth-order valence-corrected chi connectivity index (χ4v) is 1.29. The highest BCUT2D eigenvalue weighted by atomic mass is 16.3. The van der Waals surface area contributed by atoms with E-state index in [2.05, 4.69) is 15.0 Å². The summed E-state index contributed by atoms with van der Waals surface area (Å²) in [6.07, 6.45) is 3.34. The Morgan fingerprint density at radius 1 is 1.43 bits per heavy atom. The molecule has 0 saturated carbocycles. The number of aryl methyl sites for hydroxylation is 1. The SMILES string of the molecule is Cc1cccnc1-c1ncc(CO)[nH]1. The summed E-state index contributed by atoms with van der Waals surface area (Å²) in [5, 5.41) is 8.88. The number of pyridine rings is 1. The highest BCUT2D eigenvalue weighted by molar-refractivity contribution is 5.54. The Morgan fingerprint density at radius 3 is 2.93 bits per heavy atom. The molecular weight excluding hydrogens is 178 g/mol. The summed E-state index contributed by atoms with van der Waals surface area (Å²) in [6.45, 7) is 1.95. The van der Waals surface area contributed by atoms with Crippen molar-refractivity contribution in [2.45, 2.75) is 13.5 Å². The summed E-state index contributed by atoms with van der Waals surface area (Å²) < 4.78 is 0. The second-order valence-corrected chi connectivity index (χ2v) is 3.08. The predicted octanol–water partition coefficient (Wildman–Crippen LogP) is 1.27. The lowest BCUT2D eigenvalue weighted by Gasteiger charge is -1.99. The number of aromatic nitrogens is 3. The van der Waals surface area contributed by atoms with Crippen LogP contribution < -0.4 is 0 Å². The molecule has 0 unspecified atom stereocenters. The van der Waals surface area contributed by atoms with Crippen molar-refractivity contribution < 1.29 is 5.11 Å². The van der Waals surface area contributed by atoms with E-state index in [-0.39, 0.29) is 6.61 Å². The van der Waals surface area contributed by atoms with Crippen LogP contribution in [0.2, 0.25) is 0 Å². The van der Waals surface area contributed by atoms with Gasteiger partial charge in [-0.3, -0.25) is 4.98 Å². The van der Waals surface area contributed by atoms with Gasteiger partial charge in [-0.2, -0.15) is 0 Å². The number of nitrogens with one attached hydrogen (secondary N) is 1. The fourth-order valence-electron chi connectivity index (χ4n) is 1.29. The molecule has 0 aromatic carbocycles. The Kier molecular flexibility index (Phi) is 2.28. The van der Waals surface area contributed by atoms with E-state index in [0.717, 1.165) is 11.3 Å². The van der Waals surface area contributed by atoms with Crippen molar-refractivity contribution in [3.63, 3.8) is 0 Å². The van der Waals surface area contributed by atoms with Gasteiger partial charge in [0.25, 0.3) is 0 Å². The Bertz CT molecular complexity index is 436. The van der Waals surface area contributed by atoms with Crippen LogP contribution in [0.1, 0.15) is 11.3 Å². The highest BCUT2D eigenvalue weighted by Crippen LogP contribution is 2.16. The monoisotopic (exact) mass is 189 g/mol. The van der Waals surface area contributed by atoms with Gasteiger partial charge in [0, 0.05) is 6.20 Å². The van der Waals surface area contributed by atoms with E-state index >= 15 is 0 Å². The molecule has 2 rings (SSSR count). The molecule has 0 spiro atoms. The first-order chi connectivity index (χ1) is 6.81. The van der Waals surface area contributed by atoms with Gasteiger partial charge < -0.3 is 10.1 Å². The van der Waals surface area contributed by atoms with Crippen LogP contribution >= 0.6 is 0 Å². The van der Waals surface area contributed by atoms with Crippen molar-refractivity contribution >= 4 is 0 Å². The van der Waals surface area contributed by atoms with Crippen molar-refractivity contribution in [1.82, 2.24) is 15.0 Å². The molecule has 2 aromatic heterocycles. The summed E-state index contributed by atoms with van der Waals surface area (Å²) in [5.74, 6) is 0.701. The molecule has 4 heteroatoms. The van der Waals surface area contributed by atoms with E-state index in [1.165, 1.54) is 0 Å². The molecule has 0 radical (unpaired) electrons. The zero-order valence-corrected chi connectivity index (χ0v) is 7.86. The third-order valence-corrected chi connectivity index (χ3v) is 2.03. The average molecular weight is 189 g/mol. The van der Waals surface area contributed by atoms with E-state index in [1.807, 2.05) is 19.1 Å². The Hall–Kier alpha value is -1.68. The molecule has 4 nitrogen and oxygen atoms in total. The molecule has 0 aliphatic rings. The fraction of sp³-hybridized carbons (Fsp3) is 0.200. The predicted molar refractivity (Wildman–Crippen MR) is 52.5 cm³/mol. The van der Waals surface area contributed by atoms with Gasteiger partial charge in [0.15, 0.2) is 5.82 Å². The van der Waals surface area contributed by atoms with Crippen LogP contribution in [0.3, 0.4) is 0 Å². The summed E-state index contributed by atoms with van der Waals surface area (Å²) in [7, 11) is 0. The number of aliphatic hydroxyl groups excluding tert-OH is 1.